The minimum absolute atomic E-state index is 0.102. The molecule has 4 heterocycles. The minimum Gasteiger partial charge on any atom is -0.494 e. The third-order valence-electron chi connectivity index (χ3n) is 6.37. The smallest absolute Gasteiger partial charge is 0.223 e. The van der Waals surface area contributed by atoms with Gasteiger partial charge in [-0.05, 0) is 38.7 Å². The summed E-state index contributed by atoms with van der Waals surface area (Å²) < 4.78 is 22.9. The predicted molar refractivity (Wildman–Crippen MR) is 127 cm³/mol. The second kappa shape index (κ2) is 9.05. The highest BCUT2D eigenvalue weighted by atomic mass is 19.1. The molecule has 11 heteroatoms. The van der Waals surface area contributed by atoms with Crippen molar-refractivity contribution in [1.82, 2.24) is 29.4 Å². The molecule has 10 nitrogen and oxygen atoms in total. The Bertz CT molecular complexity index is 1320. The summed E-state index contributed by atoms with van der Waals surface area (Å²) in [5, 5.41) is 19.1. The third-order valence-corrected chi connectivity index (χ3v) is 6.37. The van der Waals surface area contributed by atoms with Gasteiger partial charge in [-0.15, -0.1) is 5.10 Å². The van der Waals surface area contributed by atoms with Gasteiger partial charge in [0.15, 0.2) is 23.0 Å². The highest BCUT2D eigenvalue weighted by Crippen LogP contribution is 2.31. The van der Waals surface area contributed by atoms with Crippen molar-refractivity contribution in [3.8, 4) is 5.75 Å². The summed E-state index contributed by atoms with van der Waals surface area (Å²) in [7, 11) is 1.41. The van der Waals surface area contributed by atoms with E-state index in [2.05, 4.69) is 20.1 Å². The zero-order valence-corrected chi connectivity index (χ0v) is 19.4. The van der Waals surface area contributed by atoms with E-state index in [1.165, 1.54) is 23.8 Å². The molecule has 0 bridgehead atoms. The van der Waals surface area contributed by atoms with E-state index in [0.29, 0.717) is 22.4 Å². The standard InChI is InChI=1S/C23H29FN8O2/c1-14(33)5-3-8-31-13-16(11-26-31)30-7-4-6-15(12-30)21-28-22-17-9-18(24)20(34-2)10-19(17)27-23(25)32(22)29-21/h9-11,13-15,33H,3-8,12H2,1-2H3,(H2,25,27). The number of nitrogen functional groups attached to an aromatic ring is 1. The first kappa shape index (κ1) is 22.3. The Morgan fingerprint density at radius 2 is 2.18 bits per heavy atom. The average Bonchev–Trinajstić information content (AvgIpc) is 3.48. The Labute approximate surface area is 196 Å². The number of halogens is 1. The second-order valence-corrected chi connectivity index (χ2v) is 8.92. The molecule has 0 saturated carbocycles. The molecular formula is C23H29FN8O2. The number of nitrogens with two attached hydrogens (primary N) is 1. The van der Waals surface area contributed by atoms with Crippen LogP contribution in [0.15, 0.2) is 24.5 Å². The number of aryl methyl sites for hydroxylation is 1. The van der Waals surface area contributed by atoms with E-state index in [1.54, 1.807) is 6.92 Å². The predicted octanol–water partition coefficient (Wildman–Crippen LogP) is 2.75. The third kappa shape index (κ3) is 4.23. The van der Waals surface area contributed by atoms with Crippen LogP contribution < -0.4 is 15.4 Å². The maximum atomic E-state index is 14.4. The van der Waals surface area contributed by atoms with E-state index in [9.17, 15) is 9.50 Å². The van der Waals surface area contributed by atoms with Crippen LogP contribution in [0.25, 0.3) is 16.6 Å². The van der Waals surface area contributed by atoms with Gasteiger partial charge in [-0.2, -0.15) is 9.61 Å². The van der Waals surface area contributed by atoms with Crippen molar-refractivity contribution in [1.29, 1.82) is 0 Å². The van der Waals surface area contributed by atoms with E-state index < -0.39 is 5.82 Å². The summed E-state index contributed by atoms with van der Waals surface area (Å²) in [6.45, 7) is 4.26. The lowest BCUT2D eigenvalue weighted by Gasteiger charge is -2.32. The molecule has 1 aliphatic heterocycles. The molecule has 0 amide bonds. The van der Waals surface area contributed by atoms with E-state index in [1.807, 2.05) is 17.1 Å². The summed E-state index contributed by atoms with van der Waals surface area (Å²) in [5.41, 5.74) is 8.21. The van der Waals surface area contributed by atoms with Gasteiger partial charge in [-0.3, -0.25) is 4.68 Å². The molecule has 1 aromatic carbocycles. The largest absolute Gasteiger partial charge is 0.494 e. The zero-order chi connectivity index (χ0) is 23.8. The lowest BCUT2D eigenvalue weighted by atomic mass is 9.97. The van der Waals surface area contributed by atoms with Crippen LogP contribution in [0.1, 0.15) is 44.3 Å². The van der Waals surface area contributed by atoms with Crippen molar-refractivity contribution in [2.45, 2.75) is 51.2 Å². The molecule has 2 atom stereocenters. The molecular weight excluding hydrogens is 439 g/mol. The number of aromatic nitrogens is 6. The van der Waals surface area contributed by atoms with Crippen molar-refractivity contribution < 1.29 is 14.2 Å². The number of hydrogen-bond donors (Lipinski definition) is 2. The van der Waals surface area contributed by atoms with Crippen LogP contribution in [0, 0.1) is 5.82 Å². The number of methoxy groups -OCH3 is 1. The number of piperidine rings is 1. The Hall–Kier alpha value is -3.47. The van der Waals surface area contributed by atoms with Crippen molar-refractivity contribution in [3.05, 3.63) is 36.2 Å². The van der Waals surface area contributed by atoms with Gasteiger partial charge in [-0.25, -0.2) is 14.4 Å². The summed E-state index contributed by atoms with van der Waals surface area (Å²) >= 11 is 0. The first-order chi connectivity index (χ1) is 16.4. The number of rotatable bonds is 7. The van der Waals surface area contributed by atoms with Crippen molar-refractivity contribution in [2.24, 2.45) is 0 Å². The number of benzene rings is 1. The molecule has 4 aromatic rings. The van der Waals surface area contributed by atoms with Gasteiger partial charge in [-0.1, -0.05) is 0 Å². The lowest BCUT2D eigenvalue weighted by molar-refractivity contribution is 0.179. The van der Waals surface area contributed by atoms with Crippen LogP contribution in [0.3, 0.4) is 0 Å². The first-order valence-corrected chi connectivity index (χ1v) is 11.6. The second-order valence-electron chi connectivity index (χ2n) is 8.92. The molecule has 0 spiro atoms. The van der Waals surface area contributed by atoms with Crippen LogP contribution in [0.4, 0.5) is 16.0 Å². The number of anilines is 2. The maximum Gasteiger partial charge on any atom is 0.223 e. The van der Waals surface area contributed by atoms with Crippen molar-refractivity contribution in [3.63, 3.8) is 0 Å². The molecule has 3 N–H and O–H groups in total. The Balaban J connectivity index is 1.39. The van der Waals surface area contributed by atoms with E-state index >= 15 is 0 Å². The summed E-state index contributed by atoms with van der Waals surface area (Å²) in [6, 6.07) is 2.89. The molecule has 180 valence electrons. The van der Waals surface area contributed by atoms with Gasteiger partial charge in [0.1, 0.15) is 0 Å². The molecule has 5 rings (SSSR count). The fourth-order valence-corrected chi connectivity index (χ4v) is 4.59. The van der Waals surface area contributed by atoms with Gasteiger partial charge in [0.25, 0.3) is 0 Å². The van der Waals surface area contributed by atoms with Crippen molar-refractivity contribution in [2.75, 3.05) is 30.8 Å². The molecule has 0 radical (unpaired) electrons. The monoisotopic (exact) mass is 468 g/mol. The molecule has 1 fully saturated rings. The van der Waals surface area contributed by atoms with Gasteiger partial charge in [0.2, 0.25) is 5.95 Å². The molecule has 3 aromatic heterocycles. The summed E-state index contributed by atoms with van der Waals surface area (Å²) in [5.74, 6) is 0.595. The fraction of sp³-hybridized carbons (Fsp3) is 0.478. The normalized spacial score (nSPS) is 17.5. The van der Waals surface area contributed by atoms with Crippen molar-refractivity contribution >= 4 is 28.2 Å². The Morgan fingerprint density at radius 1 is 1.32 bits per heavy atom. The highest BCUT2D eigenvalue weighted by Gasteiger charge is 2.27. The minimum atomic E-state index is -0.484. The highest BCUT2D eigenvalue weighted by molar-refractivity contribution is 5.93. The van der Waals surface area contributed by atoms with Gasteiger partial charge in [0.05, 0.1) is 30.6 Å². The van der Waals surface area contributed by atoms with Crippen LogP contribution in [-0.4, -0.2) is 60.8 Å². The quantitative estimate of drug-likeness (QED) is 0.425. The maximum absolute atomic E-state index is 14.4. The Kier molecular flexibility index (Phi) is 5.94. The van der Waals surface area contributed by atoms with Gasteiger partial charge < -0.3 is 20.5 Å². The lowest BCUT2D eigenvalue weighted by Crippen LogP contribution is -2.34. The fourth-order valence-electron chi connectivity index (χ4n) is 4.59. The van der Waals surface area contributed by atoms with E-state index in [-0.39, 0.29) is 23.7 Å². The molecule has 2 unspecified atom stereocenters. The first-order valence-electron chi connectivity index (χ1n) is 11.6. The van der Waals surface area contributed by atoms with E-state index in [4.69, 9.17) is 15.5 Å². The zero-order valence-electron chi connectivity index (χ0n) is 19.4. The number of aliphatic hydroxyl groups excluding tert-OH is 1. The van der Waals surface area contributed by atoms with Crippen LogP contribution in [0.5, 0.6) is 5.75 Å². The van der Waals surface area contributed by atoms with Crippen LogP contribution in [0.2, 0.25) is 0 Å². The Morgan fingerprint density at radius 3 is 2.97 bits per heavy atom. The number of aliphatic hydroxyl groups is 1. The van der Waals surface area contributed by atoms with Crippen LogP contribution >= 0.6 is 0 Å². The SMILES string of the molecule is COc1cc2nc(N)n3nc(C4CCCN(c5cnn(CCCC(C)O)c5)C4)nc3c2cc1F. The van der Waals surface area contributed by atoms with Gasteiger partial charge >= 0.3 is 0 Å². The topological polar surface area (TPSA) is 120 Å². The summed E-state index contributed by atoms with van der Waals surface area (Å²) in [6.07, 6.45) is 7.21. The van der Waals surface area contributed by atoms with Gasteiger partial charge in [0, 0.05) is 43.2 Å². The number of ether oxygens (including phenoxy) is 1. The molecule has 0 aliphatic carbocycles. The summed E-state index contributed by atoms with van der Waals surface area (Å²) in [4.78, 5) is 11.4. The number of fused-ring (bicyclic) bond motifs is 3. The number of hydrogen-bond acceptors (Lipinski definition) is 8. The molecule has 34 heavy (non-hydrogen) atoms. The average molecular weight is 469 g/mol. The van der Waals surface area contributed by atoms with E-state index in [0.717, 1.165) is 51.0 Å². The molecule has 1 saturated heterocycles. The number of nitrogens with zero attached hydrogens (tertiary/aromatic N) is 7. The van der Waals surface area contributed by atoms with Crippen LogP contribution in [-0.2, 0) is 6.54 Å². The molecule has 1 aliphatic rings.